The van der Waals surface area contributed by atoms with Crippen molar-refractivity contribution < 1.29 is 21.6 Å². The van der Waals surface area contributed by atoms with Gasteiger partial charge in [0, 0.05) is 12.6 Å². The van der Waals surface area contributed by atoms with Crippen LogP contribution in [0.3, 0.4) is 0 Å². The standard InChI is InChI=1S/C19H26F3N3O2S2/c1-18(2,3)29(26,27)23-11-12-4-7-14(8-5-12)24-17-25-15-9-6-13(19(20,21)22)10-16(15)28-17/h6,9-10,12,14,23H,4-5,7-8,11H2,1-3H3,(H,24,25)/t12-,14-. The lowest BCUT2D eigenvalue weighted by molar-refractivity contribution is -0.137. The number of sulfonamides is 1. The number of benzene rings is 1. The molecule has 3 rings (SSSR count). The fourth-order valence-corrected chi connectivity index (χ4v) is 5.16. The van der Waals surface area contributed by atoms with Crippen LogP contribution in [0.5, 0.6) is 0 Å². The van der Waals surface area contributed by atoms with Gasteiger partial charge in [-0.1, -0.05) is 11.3 Å². The van der Waals surface area contributed by atoms with E-state index >= 15 is 0 Å². The molecule has 0 amide bonds. The summed E-state index contributed by atoms with van der Waals surface area (Å²) in [6.45, 7) is 5.46. The first kappa shape index (κ1) is 22.3. The van der Waals surface area contributed by atoms with Gasteiger partial charge in [0.15, 0.2) is 5.13 Å². The number of rotatable bonds is 5. The predicted octanol–water partition coefficient (Wildman–Crippen LogP) is 5.00. The molecule has 1 saturated carbocycles. The number of nitrogens with zero attached hydrogens (tertiary/aromatic N) is 1. The molecular formula is C19H26F3N3O2S2. The summed E-state index contributed by atoms with van der Waals surface area (Å²) in [6, 6.07) is 3.78. The minimum Gasteiger partial charge on any atom is -0.359 e. The number of halogens is 3. The van der Waals surface area contributed by atoms with Gasteiger partial charge in [0.25, 0.3) is 0 Å². The van der Waals surface area contributed by atoms with Crippen LogP contribution in [0, 0.1) is 5.92 Å². The molecule has 0 spiro atoms. The van der Waals surface area contributed by atoms with Crippen molar-refractivity contribution in [3.8, 4) is 0 Å². The average molecular weight is 450 g/mol. The van der Waals surface area contributed by atoms with Crippen LogP contribution in [0.1, 0.15) is 52.0 Å². The molecule has 5 nitrogen and oxygen atoms in total. The minimum atomic E-state index is -4.36. The zero-order valence-electron chi connectivity index (χ0n) is 16.6. The molecule has 1 heterocycles. The molecule has 1 aliphatic rings. The van der Waals surface area contributed by atoms with Gasteiger partial charge in [-0.15, -0.1) is 0 Å². The van der Waals surface area contributed by atoms with Gasteiger partial charge in [-0.25, -0.2) is 18.1 Å². The van der Waals surface area contributed by atoms with Crippen molar-refractivity contribution in [1.29, 1.82) is 0 Å². The molecule has 1 aliphatic carbocycles. The first-order valence-electron chi connectivity index (χ1n) is 9.59. The maximum Gasteiger partial charge on any atom is 0.416 e. The quantitative estimate of drug-likeness (QED) is 0.674. The Morgan fingerprint density at radius 3 is 2.38 bits per heavy atom. The van der Waals surface area contributed by atoms with Crippen LogP contribution < -0.4 is 10.0 Å². The number of thiazole rings is 1. The molecule has 1 aromatic heterocycles. The van der Waals surface area contributed by atoms with Crippen molar-refractivity contribution in [1.82, 2.24) is 9.71 Å². The van der Waals surface area contributed by atoms with E-state index in [0.29, 0.717) is 21.9 Å². The van der Waals surface area contributed by atoms with Crippen molar-refractivity contribution in [3.63, 3.8) is 0 Å². The number of hydrogen-bond acceptors (Lipinski definition) is 5. The summed E-state index contributed by atoms with van der Waals surface area (Å²) in [6.07, 6.45) is -0.864. The normalized spacial score (nSPS) is 21.4. The molecule has 0 radical (unpaired) electrons. The third kappa shape index (κ3) is 5.40. The van der Waals surface area contributed by atoms with E-state index in [1.807, 2.05) is 0 Å². The van der Waals surface area contributed by atoms with Crippen LogP contribution >= 0.6 is 11.3 Å². The molecule has 1 aromatic carbocycles. The van der Waals surface area contributed by atoms with E-state index < -0.39 is 26.5 Å². The van der Waals surface area contributed by atoms with Gasteiger partial charge in [-0.2, -0.15) is 13.2 Å². The van der Waals surface area contributed by atoms with Gasteiger partial charge in [-0.05, 0) is 70.6 Å². The molecule has 10 heteroatoms. The molecule has 29 heavy (non-hydrogen) atoms. The van der Waals surface area contributed by atoms with Crippen LogP contribution in [0.25, 0.3) is 10.2 Å². The largest absolute Gasteiger partial charge is 0.416 e. The second-order valence-electron chi connectivity index (χ2n) is 8.53. The van der Waals surface area contributed by atoms with Crippen molar-refractivity contribution >= 4 is 36.7 Å². The predicted molar refractivity (Wildman–Crippen MR) is 111 cm³/mol. The number of anilines is 1. The van der Waals surface area contributed by atoms with E-state index in [0.717, 1.165) is 37.8 Å². The summed E-state index contributed by atoms with van der Waals surface area (Å²) >= 11 is 1.22. The number of aromatic nitrogens is 1. The van der Waals surface area contributed by atoms with E-state index in [-0.39, 0.29) is 12.0 Å². The molecule has 1 fully saturated rings. The summed E-state index contributed by atoms with van der Waals surface area (Å²) in [4.78, 5) is 4.39. The molecule has 0 saturated heterocycles. The Bertz CT molecular complexity index is 957. The summed E-state index contributed by atoms with van der Waals surface area (Å²) in [5.41, 5.74) is -0.116. The van der Waals surface area contributed by atoms with Crippen molar-refractivity contribution in [2.24, 2.45) is 5.92 Å². The summed E-state index contributed by atoms with van der Waals surface area (Å²) in [5, 5.41) is 3.95. The SMILES string of the molecule is CC(C)(C)S(=O)(=O)NC[C@H]1CC[C@H](Nc2nc3ccc(C(F)(F)F)cc3s2)CC1. The Hall–Kier alpha value is -1.39. The summed E-state index contributed by atoms with van der Waals surface area (Å²) < 4.78 is 65.3. The Morgan fingerprint density at radius 1 is 1.14 bits per heavy atom. The summed E-state index contributed by atoms with van der Waals surface area (Å²) in [7, 11) is -3.34. The van der Waals surface area contributed by atoms with Crippen LogP contribution in [0.15, 0.2) is 18.2 Å². The Labute approximate surface area is 173 Å². The van der Waals surface area contributed by atoms with Gasteiger partial charge in [0.1, 0.15) is 0 Å². The highest BCUT2D eigenvalue weighted by Crippen LogP contribution is 2.35. The Morgan fingerprint density at radius 2 is 1.79 bits per heavy atom. The second kappa shape index (κ2) is 8.03. The highest BCUT2D eigenvalue weighted by molar-refractivity contribution is 7.90. The van der Waals surface area contributed by atoms with E-state index in [1.165, 1.54) is 17.4 Å². The maximum atomic E-state index is 12.9. The van der Waals surface area contributed by atoms with Gasteiger partial charge in [-0.3, -0.25) is 0 Å². The lowest BCUT2D eigenvalue weighted by Crippen LogP contribution is -2.42. The molecule has 162 valence electrons. The number of nitrogens with one attached hydrogen (secondary N) is 2. The van der Waals surface area contributed by atoms with E-state index in [4.69, 9.17) is 0 Å². The highest BCUT2D eigenvalue weighted by atomic mass is 32.2. The molecule has 2 N–H and O–H groups in total. The molecule has 0 atom stereocenters. The molecule has 2 aromatic rings. The van der Waals surface area contributed by atoms with Gasteiger partial charge < -0.3 is 5.32 Å². The van der Waals surface area contributed by atoms with Crippen molar-refractivity contribution in [2.45, 2.75) is 63.4 Å². The van der Waals surface area contributed by atoms with Gasteiger partial charge >= 0.3 is 6.18 Å². The van der Waals surface area contributed by atoms with Crippen LogP contribution in [-0.2, 0) is 16.2 Å². The lowest BCUT2D eigenvalue weighted by Gasteiger charge is -2.30. The second-order valence-corrected chi connectivity index (χ2v) is 12.1. The van der Waals surface area contributed by atoms with Crippen molar-refractivity contribution in [3.05, 3.63) is 23.8 Å². The lowest BCUT2D eigenvalue weighted by atomic mass is 9.86. The van der Waals surface area contributed by atoms with Crippen LogP contribution in [-0.4, -0.2) is 30.7 Å². The van der Waals surface area contributed by atoms with Gasteiger partial charge in [0.2, 0.25) is 10.0 Å². The molecule has 0 bridgehead atoms. The van der Waals surface area contributed by atoms with Gasteiger partial charge in [0.05, 0.1) is 20.5 Å². The third-order valence-corrected chi connectivity index (χ3v) is 8.37. The van der Waals surface area contributed by atoms with E-state index in [9.17, 15) is 21.6 Å². The maximum absolute atomic E-state index is 12.9. The van der Waals surface area contributed by atoms with Crippen LogP contribution in [0.4, 0.5) is 18.3 Å². The fourth-order valence-electron chi connectivity index (χ4n) is 3.29. The monoisotopic (exact) mass is 449 g/mol. The zero-order chi connectivity index (χ0) is 21.4. The smallest absolute Gasteiger partial charge is 0.359 e. The number of alkyl halides is 3. The van der Waals surface area contributed by atoms with E-state index in [2.05, 4.69) is 15.0 Å². The highest BCUT2D eigenvalue weighted by Gasteiger charge is 2.32. The van der Waals surface area contributed by atoms with Crippen molar-refractivity contribution in [2.75, 3.05) is 11.9 Å². The zero-order valence-corrected chi connectivity index (χ0v) is 18.3. The topological polar surface area (TPSA) is 71.1 Å². The average Bonchev–Trinajstić information content (AvgIpc) is 3.01. The van der Waals surface area contributed by atoms with E-state index in [1.54, 1.807) is 20.8 Å². The molecular weight excluding hydrogens is 423 g/mol. The minimum absolute atomic E-state index is 0.188. The Balaban J connectivity index is 1.54. The number of hydrogen-bond donors (Lipinski definition) is 2. The summed E-state index contributed by atoms with van der Waals surface area (Å²) in [5.74, 6) is 0.287. The first-order valence-corrected chi connectivity index (χ1v) is 11.9. The molecule has 0 unspecified atom stereocenters. The first-order chi connectivity index (χ1) is 13.3. The third-order valence-electron chi connectivity index (χ3n) is 5.26. The fraction of sp³-hybridized carbons (Fsp3) is 0.632. The van der Waals surface area contributed by atoms with Crippen LogP contribution in [0.2, 0.25) is 0 Å². The molecule has 0 aliphatic heterocycles. The Kier molecular flexibility index (Phi) is 6.18. The number of fused-ring (bicyclic) bond motifs is 1.